The van der Waals surface area contributed by atoms with Crippen LogP contribution in [0.3, 0.4) is 0 Å². The zero-order valence-electron chi connectivity index (χ0n) is 21.4. The number of nitrogens with zero attached hydrogens (tertiary/aromatic N) is 2. The Morgan fingerprint density at radius 1 is 0.675 bits per heavy atom. The van der Waals surface area contributed by atoms with Gasteiger partial charge in [-0.25, -0.2) is 17.6 Å². The van der Waals surface area contributed by atoms with Crippen LogP contribution in [0.25, 0.3) is 39.3 Å². The van der Waals surface area contributed by atoms with Crippen LogP contribution in [0, 0.1) is 23.3 Å². The second-order valence-corrected chi connectivity index (χ2v) is 10.3. The normalized spacial score (nSPS) is 17.4. The predicted octanol–water partition coefficient (Wildman–Crippen LogP) is 7.57. The van der Waals surface area contributed by atoms with Crippen molar-refractivity contribution in [2.45, 2.75) is 24.8 Å². The first-order chi connectivity index (χ1) is 19.5. The van der Waals surface area contributed by atoms with Gasteiger partial charge in [0.15, 0.2) is 35.7 Å². The summed E-state index contributed by atoms with van der Waals surface area (Å²) in [5.41, 5.74) is 5.05. The van der Waals surface area contributed by atoms with Crippen LogP contribution < -0.4 is 9.13 Å². The third kappa shape index (κ3) is 3.55. The summed E-state index contributed by atoms with van der Waals surface area (Å²) in [4.78, 5) is 0. The van der Waals surface area contributed by atoms with E-state index in [1.165, 1.54) is 0 Å². The fraction of sp³-hybridized carbons (Fsp3) is 0.118. The Kier molecular flexibility index (Phi) is 5.66. The molecular weight excluding hydrogens is 512 g/mol. The number of halogens is 4. The molecule has 0 radical (unpaired) electrons. The van der Waals surface area contributed by atoms with Crippen LogP contribution in [0.15, 0.2) is 104 Å². The van der Waals surface area contributed by atoms with Crippen molar-refractivity contribution < 1.29 is 26.7 Å². The number of hydrogen-bond donors (Lipinski definition) is 0. The van der Waals surface area contributed by atoms with Crippen LogP contribution >= 0.6 is 0 Å². The molecular formula is C34H24F4N2+2. The molecule has 5 aromatic rings. The Morgan fingerprint density at radius 2 is 1.40 bits per heavy atom. The largest absolute Gasteiger partial charge is 0.249 e. The summed E-state index contributed by atoms with van der Waals surface area (Å²) in [6.07, 6.45) is 4.12. The van der Waals surface area contributed by atoms with Crippen LogP contribution in [-0.2, 0) is 6.42 Å². The maximum absolute atomic E-state index is 15.7. The van der Waals surface area contributed by atoms with Gasteiger partial charge < -0.3 is 0 Å². The van der Waals surface area contributed by atoms with Crippen molar-refractivity contribution in [2.24, 2.45) is 0 Å². The number of hydrogen-bond acceptors (Lipinski definition) is 0. The molecule has 6 heteroatoms. The average molecular weight is 537 g/mol. The molecule has 0 saturated carbocycles. The Labute approximate surface area is 229 Å². The molecule has 4 heterocycles. The Bertz CT molecular complexity index is 1830. The lowest BCUT2D eigenvalue weighted by atomic mass is 9.78. The van der Waals surface area contributed by atoms with E-state index in [1.54, 1.807) is 16.8 Å². The van der Waals surface area contributed by atoms with Gasteiger partial charge in [0.1, 0.15) is 0 Å². The highest BCUT2D eigenvalue weighted by atomic mass is 19.2. The van der Waals surface area contributed by atoms with Gasteiger partial charge in [0.05, 0.1) is 11.5 Å². The topological polar surface area (TPSA) is 7.76 Å². The van der Waals surface area contributed by atoms with Gasteiger partial charge in [0.2, 0.25) is 23.1 Å². The summed E-state index contributed by atoms with van der Waals surface area (Å²) in [5.74, 6) is -6.55. The smallest absolute Gasteiger partial charge is 0.203 e. The molecule has 2 aliphatic heterocycles. The van der Waals surface area contributed by atoms with Gasteiger partial charge in [0.25, 0.3) is 0 Å². The second kappa shape index (κ2) is 9.26. The van der Waals surface area contributed by atoms with Crippen molar-refractivity contribution in [1.29, 1.82) is 0 Å². The lowest BCUT2D eigenvalue weighted by Crippen LogP contribution is -2.53. The first-order valence-corrected chi connectivity index (χ1v) is 13.2. The lowest BCUT2D eigenvalue weighted by molar-refractivity contribution is -0.727. The Morgan fingerprint density at radius 3 is 2.23 bits per heavy atom. The van der Waals surface area contributed by atoms with E-state index < -0.39 is 23.3 Å². The van der Waals surface area contributed by atoms with Crippen molar-refractivity contribution in [2.75, 3.05) is 0 Å². The van der Waals surface area contributed by atoms with E-state index in [0.29, 0.717) is 12.1 Å². The zero-order valence-corrected chi connectivity index (χ0v) is 21.4. The highest BCUT2D eigenvalue weighted by molar-refractivity contribution is 5.72. The second-order valence-electron chi connectivity index (χ2n) is 10.3. The van der Waals surface area contributed by atoms with Gasteiger partial charge in [-0.1, -0.05) is 48.5 Å². The molecule has 2 atom stereocenters. The van der Waals surface area contributed by atoms with Gasteiger partial charge >= 0.3 is 0 Å². The molecule has 0 spiro atoms. The molecule has 7 rings (SSSR count). The third-order valence-electron chi connectivity index (χ3n) is 8.25. The van der Waals surface area contributed by atoms with Gasteiger partial charge in [-0.05, 0) is 48.2 Å². The highest BCUT2D eigenvalue weighted by Gasteiger charge is 2.47. The van der Waals surface area contributed by atoms with Crippen LogP contribution in [0.4, 0.5) is 17.6 Å². The Balaban J connectivity index is 1.55. The summed E-state index contributed by atoms with van der Waals surface area (Å²) < 4.78 is 64.6. The number of allylic oxidation sites excluding steroid dienone is 1. The molecule has 2 aromatic heterocycles. The van der Waals surface area contributed by atoms with Crippen LogP contribution in [0.2, 0.25) is 0 Å². The number of pyridine rings is 2. The quantitative estimate of drug-likeness (QED) is 0.0904. The molecule has 196 valence electrons. The fourth-order valence-corrected chi connectivity index (χ4v) is 6.43. The van der Waals surface area contributed by atoms with E-state index in [4.69, 9.17) is 0 Å². The zero-order chi connectivity index (χ0) is 27.5. The summed E-state index contributed by atoms with van der Waals surface area (Å²) >= 11 is 0. The van der Waals surface area contributed by atoms with Crippen LogP contribution in [0.5, 0.6) is 0 Å². The average Bonchev–Trinajstić information content (AvgIpc) is 3.05. The molecule has 2 nitrogen and oxygen atoms in total. The van der Waals surface area contributed by atoms with E-state index in [2.05, 4.69) is 11.1 Å². The molecule has 0 N–H and O–H groups in total. The summed E-state index contributed by atoms with van der Waals surface area (Å²) in [6.45, 7) is 4.48. The van der Waals surface area contributed by atoms with E-state index in [-0.39, 0.29) is 35.2 Å². The maximum atomic E-state index is 15.7. The number of fused-ring (bicyclic) bond motifs is 9. The van der Waals surface area contributed by atoms with Gasteiger partial charge in [0, 0.05) is 35.4 Å². The Hall–Kier alpha value is -4.58. The third-order valence-corrected chi connectivity index (χ3v) is 8.25. The first kappa shape index (κ1) is 24.5. The van der Waals surface area contributed by atoms with Crippen LogP contribution in [0.1, 0.15) is 29.5 Å². The molecule has 0 fully saturated rings. The minimum Gasteiger partial charge on any atom is -0.203 e. The molecule has 0 aliphatic carbocycles. The van der Waals surface area contributed by atoms with Gasteiger partial charge in [-0.15, -0.1) is 0 Å². The summed E-state index contributed by atoms with van der Waals surface area (Å²) in [6, 6.07) is 26.7. The SMILES string of the molecule is C=C1C2C(CCc3c(F)c(F)c(F)c(F)c3-c3cc(-c4ccccc4)cc[n+]31)c1ccccc1-c1cccc[n+]12. The molecule has 3 aromatic carbocycles. The lowest BCUT2D eigenvalue weighted by Gasteiger charge is -2.29. The van der Waals surface area contributed by atoms with Crippen molar-refractivity contribution in [3.8, 4) is 33.6 Å². The first-order valence-electron chi connectivity index (χ1n) is 13.2. The minimum atomic E-state index is -1.82. The minimum absolute atomic E-state index is 0.0103. The van der Waals surface area contributed by atoms with Crippen molar-refractivity contribution in [3.05, 3.63) is 138 Å². The van der Waals surface area contributed by atoms with Crippen molar-refractivity contribution in [1.82, 2.24) is 0 Å². The molecule has 2 unspecified atom stereocenters. The van der Waals surface area contributed by atoms with Crippen molar-refractivity contribution >= 4 is 5.70 Å². The number of benzene rings is 3. The number of rotatable bonds is 1. The molecule has 0 amide bonds. The van der Waals surface area contributed by atoms with Crippen LogP contribution in [-0.4, -0.2) is 0 Å². The summed E-state index contributed by atoms with van der Waals surface area (Å²) in [5, 5.41) is 0. The highest BCUT2D eigenvalue weighted by Crippen LogP contribution is 2.45. The molecule has 40 heavy (non-hydrogen) atoms. The van der Waals surface area contributed by atoms with Gasteiger partial charge in [-0.3, -0.25) is 0 Å². The molecule has 0 bridgehead atoms. The predicted molar refractivity (Wildman–Crippen MR) is 145 cm³/mol. The fourth-order valence-electron chi connectivity index (χ4n) is 6.43. The monoisotopic (exact) mass is 536 g/mol. The molecule has 0 saturated heterocycles. The standard InChI is InChI=1S/C34H24F4N2/c1-20-34-25(23-11-5-6-12-24(23)27-13-7-8-17-40(27)34)14-15-26-29(31(36)33(38)32(37)30(26)35)28-19-22(16-18-39(20)28)21-9-3-2-4-10-21/h2-13,16-19,25,34H,1,14-15H2/q+2. The summed E-state index contributed by atoms with van der Waals surface area (Å²) in [7, 11) is 0. The van der Waals surface area contributed by atoms with E-state index >= 15 is 8.78 Å². The number of aromatic nitrogens is 2. The maximum Gasteiger partial charge on any atom is 0.249 e. The van der Waals surface area contributed by atoms with E-state index in [0.717, 1.165) is 27.9 Å². The van der Waals surface area contributed by atoms with Gasteiger partial charge in [-0.2, -0.15) is 9.13 Å². The van der Waals surface area contributed by atoms with Crippen molar-refractivity contribution in [3.63, 3.8) is 0 Å². The van der Waals surface area contributed by atoms with E-state index in [1.807, 2.05) is 85.1 Å². The van der Waals surface area contributed by atoms with E-state index in [9.17, 15) is 8.78 Å². The molecule has 2 aliphatic rings.